The molecule has 0 atom stereocenters. The van der Waals surface area contributed by atoms with Crippen molar-refractivity contribution < 1.29 is 0 Å². The maximum absolute atomic E-state index is 6.14. The Hall–Kier alpha value is -1.02. The molecule has 4 N–H and O–H groups in total. The highest BCUT2D eigenvalue weighted by Gasteiger charge is 2.34. The summed E-state index contributed by atoms with van der Waals surface area (Å²) in [5, 5.41) is 0. The molecule has 0 amide bonds. The quantitative estimate of drug-likeness (QED) is 0.616. The van der Waals surface area contributed by atoms with Crippen LogP contribution in [0.15, 0.2) is 24.3 Å². The highest BCUT2D eigenvalue weighted by molar-refractivity contribution is 5.43. The van der Waals surface area contributed by atoms with E-state index in [1.165, 1.54) is 12.0 Å². The van der Waals surface area contributed by atoms with Crippen LogP contribution in [0.2, 0.25) is 0 Å². The van der Waals surface area contributed by atoms with Crippen LogP contribution in [-0.4, -0.2) is 0 Å². The van der Waals surface area contributed by atoms with Crippen LogP contribution >= 0.6 is 0 Å². The lowest BCUT2D eigenvalue weighted by atomic mass is 9.73. The van der Waals surface area contributed by atoms with Gasteiger partial charge in [0, 0.05) is 11.2 Å². The number of nitrogen functional groups attached to an aromatic ring is 1. The number of nitrogens with two attached hydrogens (primary N) is 2. The first-order valence-electron chi connectivity index (χ1n) is 4.36. The Morgan fingerprint density at radius 1 is 1.25 bits per heavy atom. The third kappa shape index (κ3) is 1.08. The predicted octanol–water partition coefficient (Wildman–Crippen LogP) is 1.61. The summed E-state index contributed by atoms with van der Waals surface area (Å²) in [4.78, 5) is 0. The van der Waals surface area contributed by atoms with Gasteiger partial charge >= 0.3 is 0 Å². The van der Waals surface area contributed by atoms with E-state index >= 15 is 0 Å². The van der Waals surface area contributed by atoms with Crippen molar-refractivity contribution in [1.82, 2.24) is 0 Å². The van der Waals surface area contributed by atoms with Crippen LogP contribution in [0.25, 0.3) is 0 Å². The Kier molecular flexibility index (Phi) is 1.58. The molecule has 0 saturated heterocycles. The minimum atomic E-state index is -0.0740. The van der Waals surface area contributed by atoms with Crippen molar-refractivity contribution in [2.24, 2.45) is 5.73 Å². The Balaban J connectivity index is 2.33. The minimum absolute atomic E-state index is 0.0740. The van der Waals surface area contributed by atoms with Crippen LogP contribution in [0.5, 0.6) is 0 Å². The van der Waals surface area contributed by atoms with Gasteiger partial charge in [-0.25, -0.2) is 0 Å². The summed E-state index contributed by atoms with van der Waals surface area (Å²) >= 11 is 0. The molecular weight excluding hydrogens is 148 g/mol. The first-order valence-corrected chi connectivity index (χ1v) is 4.36. The van der Waals surface area contributed by atoms with Gasteiger partial charge < -0.3 is 11.5 Å². The Morgan fingerprint density at radius 3 is 2.50 bits per heavy atom. The molecule has 0 aliphatic heterocycles. The molecule has 12 heavy (non-hydrogen) atoms. The molecule has 0 heterocycles. The van der Waals surface area contributed by atoms with Crippen LogP contribution in [0.3, 0.4) is 0 Å². The number of anilines is 1. The largest absolute Gasteiger partial charge is 0.399 e. The Bertz CT molecular complexity index is 290. The lowest BCUT2D eigenvalue weighted by Crippen LogP contribution is -2.43. The third-order valence-corrected chi connectivity index (χ3v) is 2.71. The highest BCUT2D eigenvalue weighted by Crippen LogP contribution is 2.38. The Morgan fingerprint density at radius 2 is 2.00 bits per heavy atom. The molecule has 2 rings (SSSR count). The molecule has 0 aromatic heterocycles. The molecule has 0 spiro atoms. The van der Waals surface area contributed by atoms with E-state index in [1.807, 2.05) is 18.2 Å². The molecule has 1 aromatic rings. The predicted molar refractivity (Wildman–Crippen MR) is 50.6 cm³/mol. The van der Waals surface area contributed by atoms with Crippen molar-refractivity contribution in [1.29, 1.82) is 0 Å². The van der Waals surface area contributed by atoms with Gasteiger partial charge in [0.15, 0.2) is 0 Å². The van der Waals surface area contributed by atoms with E-state index in [0.717, 1.165) is 18.5 Å². The topological polar surface area (TPSA) is 52.0 Å². The van der Waals surface area contributed by atoms with Gasteiger partial charge in [-0.2, -0.15) is 0 Å². The lowest BCUT2D eigenvalue weighted by Gasteiger charge is -2.38. The second kappa shape index (κ2) is 2.49. The number of hydrogen-bond acceptors (Lipinski definition) is 2. The summed E-state index contributed by atoms with van der Waals surface area (Å²) in [7, 11) is 0. The van der Waals surface area contributed by atoms with E-state index in [4.69, 9.17) is 11.5 Å². The average Bonchev–Trinajstić information content (AvgIpc) is 2.00. The van der Waals surface area contributed by atoms with E-state index in [1.54, 1.807) is 0 Å². The minimum Gasteiger partial charge on any atom is -0.399 e. The fourth-order valence-corrected chi connectivity index (χ4v) is 1.69. The lowest BCUT2D eigenvalue weighted by molar-refractivity contribution is 0.254. The summed E-state index contributed by atoms with van der Waals surface area (Å²) in [5.41, 5.74) is 13.7. The second-order valence-electron chi connectivity index (χ2n) is 3.64. The van der Waals surface area contributed by atoms with Gasteiger partial charge in [0.1, 0.15) is 0 Å². The van der Waals surface area contributed by atoms with Crippen molar-refractivity contribution in [2.75, 3.05) is 5.73 Å². The standard InChI is InChI=1S/C10H14N2/c11-9-4-1-3-8(7-9)10(12)5-2-6-10/h1,3-4,7H,2,5-6,11-12H2. The van der Waals surface area contributed by atoms with Crippen LogP contribution in [0, 0.1) is 0 Å². The fourth-order valence-electron chi connectivity index (χ4n) is 1.69. The molecule has 1 fully saturated rings. The van der Waals surface area contributed by atoms with Crippen LogP contribution in [-0.2, 0) is 5.54 Å². The zero-order chi connectivity index (χ0) is 8.60. The van der Waals surface area contributed by atoms with Crippen molar-refractivity contribution in [2.45, 2.75) is 24.8 Å². The van der Waals surface area contributed by atoms with Crippen molar-refractivity contribution in [3.63, 3.8) is 0 Å². The number of benzene rings is 1. The van der Waals surface area contributed by atoms with Crippen molar-refractivity contribution in [3.05, 3.63) is 29.8 Å². The first-order chi connectivity index (χ1) is 5.71. The van der Waals surface area contributed by atoms with Gasteiger partial charge in [-0.3, -0.25) is 0 Å². The first kappa shape index (κ1) is 7.62. The van der Waals surface area contributed by atoms with Crippen LogP contribution in [0.4, 0.5) is 5.69 Å². The SMILES string of the molecule is Nc1cccc(C2(N)CCC2)c1. The number of rotatable bonds is 1. The normalized spacial score (nSPS) is 20.1. The van der Waals surface area contributed by atoms with Crippen LogP contribution in [0.1, 0.15) is 24.8 Å². The van der Waals surface area contributed by atoms with E-state index < -0.39 is 0 Å². The van der Waals surface area contributed by atoms with Gasteiger partial charge in [-0.05, 0) is 37.0 Å². The monoisotopic (exact) mass is 162 g/mol. The van der Waals surface area contributed by atoms with Gasteiger partial charge in [-0.1, -0.05) is 12.1 Å². The van der Waals surface area contributed by atoms with Gasteiger partial charge in [-0.15, -0.1) is 0 Å². The summed E-state index contributed by atoms with van der Waals surface area (Å²) < 4.78 is 0. The summed E-state index contributed by atoms with van der Waals surface area (Å²) in [6.45, 7) is 0. The molecular formula is C10H14N2. The van der Waals surface area contributed by atoms with Gasteiger partial charge in [0.05, 0.1) is 0 Å². The van der Waals surface area contributed by atoms with Gasteiger partial charge in [0.2, 0.25) is 0 Å². The van der Waals surface area contributed by atoms with Crippen molar-refractivity contribution in [3.8, 4) is 0 Å². The highest BCUT2D eigenvalue weighted by atomic mass is 14.8. The van der Waals surface area contributed by atoms with Crippen LogP contribution < -0.4 is 11.5 Å². The van der Waals surface area contributed by atoms with Crippen molar-refractivity contribution >= 4 is 5.69 Å². The molecule has 0 bridgehead atoms. The molecule has 2 heteroatoms. The molecule has 64 valence electrons. The second-order valence-corrected chi connectivity index (χ2v) is 3.64. The molecule has 0 radical (unpaired) electrons. The Labute approximate surface area is 72.6 Å². The summed E-state index contributed by atoms with van der Waals surface area (Å²) in [5.74, 6) is 0. The molecule has 2 nitrogen and oxygen atoms in total. The maximum Gasteiger partial charge on any atom is 0.0410 e. The third-order valence-electron chi connectivity index (χ3n) is 2.71. The summed E-state index contributed by atoms with van der Waals surface area (Å²) in [6.07, 6.45) is 3.43. The molecule has 1 saturated carbocycles. The fraction of sp³-hybridized carbons (Fsp3) is 0.400. The number of hydrogen-bond donors (Lipinski definition) is 2. The zero-order valence-electron chi connectivity index (χ0n) is 7.09. The van der Waals surface area contributed by atoms with E-state index in [-0.39, 0.29) is 5.54 Å². The summed E-state index contributed by atoms with van der Waals surface area (Å²) in [6, 6.07) is 7.91. The smallest absolute Gasteiger partial charge is 0.0410 e. The van der Waals surface area contributed by atoms with E-state index in [0.29, 0.717) is 0 Å². The maximum atomic E-state index is 6.14. The molecule has 0 unspecified atom stereocenters. The van der Waals surface area contributed by atoms with Gasteiger partial charge in [0.25, 0.3) is 0 Å². The molecule has 1 aliphatic carbocycles. The molecule has 1 aromatic carbocycles. The van der Waals surface area contributed by atoms with E-state index in [2.05, 4.69) is 6.07 Å². The van der Waals surface area contributed by atoms with E-state index in [9.17, 15) is 0 Å². The average molecular weight is 162 g/mol. The zero-order valence-corrected chi connectivity index (χ0v) is 7.09. The molecule has 1 aliphatic rings.